The molecule has 0 heterocycles. The van der Waals surface area contributed by atoms with Crippen LogP contribution in [0.2, 0.25) is 0 Å². The van der Waals surface area contributed by atoms with Crippen molar-refractivity contribution in [2.24, 2.45) is 5.11 Å². The lowest BCUT2D eigenvalue weighted by atomic mass is 9.80. The van der Waals surface area contributed by atoms with Gasteiger partial charge >= 0.3 is 0 Å². The van der Waals surface area contributed by atoms with Crippen LogP contribution in [-0.4, -0.2) is 6.54 Å². The lowest BCUT2D eigenvalue weighted by molar-refractivity contribution is 0.641. The molecule has 3 nitrogen and oxygen atoms in total. The normalized spacial score (nSPS) is 14.1. The molecule has 0 aliphatic heterocycles. The zero-order chi connectivity index (χ0) is 11.2. The summed E-state index contributed by atoms with van der Waals surface area (Å²) in [6.45, 7) is 0.613. The number of benzene rings is 1. The van der Waals surface area contributed by atoms with Gasteiger partial charge in [0.15, 0.2) is 0 Å². The highest BCUT2D eigenvalue weighted by molar-refractivity contribution is 5.40. The Kier molecular flexibility index (Phi) is 3.73. The summed E-state index contributed by atoms with van der Waals surface area (Å²) in [7, 11) is 0. The maximum Gasteiger partial charge on any atom is 0.135 e. The van der Waals surface area contributed by atoms with Gasteiger partial charge in [-0.05, 0) is 36.6 Å². The van der Waals surface area contributed by atoms with Crippen molar-refractivity contribution in [3.8, 4) is 0 Å². The van der Waals surface area contributed by atoms with Crippen molar-refractivity contribution >= 4 is 0 Å². The van der Waals surface area contributed by atoms with Crippen LogP contribution < -0.4 is 0 Å². The fraction of sp³-hybridized carbons (Fsp3) is 0.462. The first-order valence-corrected chi connectivity index (χ1v) is 5.85. The fourth-order valence-electron chi connectivity index (χ4n) is 2.38. The molecule has 1 aliphatic rings. The van der Waals surface area contributed by atoms with E-state index in [1.165, 1.54) is 36.3 Å². The van der Waals surface area contributed by atoms with Gasteiger partial charge in [0, 0.05) is 42.7 Å². The van der Waals surface area contributed by atoms with Crippen LogP contribution in [0.15, 0.2) is 29.4 Å². The van der Waals surface area contributed by atoms with Crippen molar-refractivity contribution in [1.29, 1.82) is 0 Å². The quantitative estimate of drug-likeness (QED) is 0.239. The Labute approximate surface area is 96.1 Å². The fourth-order valence-corrected chi connectivity index (χ4v) is 2.38. The van der Waals surface area contributed by atoms with Gasteiger partial charge in [-0.2, -0.15) is 0 Å². The van der Waals surface area contributed by atoms with E-state index in [1.807, 2.05) is 0 Å². The monoisotopic (exact) mass is 214 g/mol. The molecule has 1 aliphatic carbocycles. The van der Waals surface area contributed by atoms with E-state index in [4.69, 9.17) is 5.53 Å². The SMILES string of the molecule is [N-]=[N+]=NCCC[C+]1CCCc2ccccc21. The smallest absolute Gasteiger partial charge is 0.0939 e. The van der Waals surface area contributed by atoms with E-state index in [0.29, 0.717) is 6.54 Å². The lowest BCUT2D eigenvalue weighted by Gasteiger charge is -2.17. The van der Waals surface area contributed by atoms with Crippen LogP contribution in [-0.2, 0) is 6.42 Å². The Morgan fingerprint density at radius 2 is 2.25 bits per heavy atom. The molecular weight excluding hydrogens is 198 g/mol. The summed E-state index contributed by atoms with van der Waals surface area (Å²) < 4.78 is 0. The first-order chi connectivity index (χ1) is 7.92. The van der Waals surface area contributed by atoms with Gasteiger partial charge < -0.3 is 0 Å². The molecule has 0 aromatic heterocycles. The molecule has 1 aromatic rings. The molecule has 82 valence electrons. The zero-order valence-corrected chi connectivity index (χ0v) is 9.39. The van der Waals surface area contributed by atoms with Crippen LogP contribution in [0.4, 0.5) is 0 Å². The van der Waals surface area contributed by atoms with Gasteiger partial charge in [0.1, 0.15) is 5.56 Å². The lowest BCUT2D eigenvalue weighted by Crippen LogP contribution is -2.10. The number of rotatable bonds is 4. The number of hydrogen-bond acceptors (Lipinski definition) is 1. The third-order valence-corrected chi connectivity index (χ3v) is 3.12. The van der Waals surface area contributed by atoms with Crippen molar-refractivity contribution in [2.45, 2.75) is 32.1 Å². The molecular formula is C13H16N3+. The van der Waals surface area contributed by atoms with Crippen LogP contribution in [0.3, 0.4) is 0 Å². The molecule has 0 unspecified atom stereocenters. The van der Waals surface area contributed by atoms with Crippen LogP contribution in [0.5, 0.6) is 0 Å². The third-order valence-electron chi connectivity index (χ3n) is 3.12. The summed E-state index contributed by atoms with van der Waals surface area (Å²) in [5.74, 6) is 1.54. The second-order valence-electron chi connectivity index (χ2n) is 4.17. The Balaban J connectivity index is 1.98. The summed E-state index contributed by atoms with van der Waals surface area (Å²) >= 11 is 0. The number of hydrogen-bond donors (Lipinski definition) is 0. The average molecular weight is 214 g/mol. The molecule has 0 saturated carbocycles. The summed E-state index contributed by atoms with van der Waals surface area (Å²) in [6, 6.07) is 8.67. The summed E-state index contributed by atoms with van der Waals surface area (Å²) in [6.07, 6.45) is 5.70. The van der Waals surface area contributed by atoms with Crippen LogP contribution in [0.1, 0.15) is 36.8 Å². The highest BCUT2D eigenvalue weighted by Crippen LogP contribution is 2.33. The molecule has 3 heteroatoms. The second kappa shape index (κ2) is 5.47. The van der Waals surface area contributed by atoms with Crippen LogP contribution in [0.25, 0.3) is 10.4 Å². The summed E-state index contributed by atoms with van der Waals surface area (Å²) in [5.41, 5.74) is 11.1. The van der Waals surface area contributed by atoms with Crippen LogP contribution >= 0.6 is 0 Å². The van der Waals surface area contributed by atoms with Crippen molar-refractivity contribution in [3.63, 3.8) is 0 Å². The average Bonchev–Trinajstić information content (AvgIpc) is 2.35. The summed E-state index contributed by atoms with van der Waals surface area (Å²) in [4.78, 5) is 2.78. The Hall–Kier alpha value is -1.60. The third kappa shape index (κ3) is 2.50. The molecule has 0 amide bonds. The standard InChI is InChI=1S/C13H16N3/c14-16-15-10-4-8-12-7-3-6-11-5-1-2-9-13(11)12/h1-2,5,9H,3-4,6-8,10H2/q+1. The first-order valence-electron chi connectivity index (χ1n) is 5.85. The van der Waals surface area contributed by atoms with Gasteiger partial charge in [-0.25, -0.2) is 0 Å². The minimum Gasteiger partial charge on any atom is -0.0939 e. The zero-order valence-electron chi connectivity index (χ0n) is 9.39. The molecule has 0 radical (unpaired) electrons. The molecule has 0 atom stereocenters. The van der Waals surface area contributed by atoms with Gasteiger partial charge in [0.05, 0.1) is 5.56 Å². The molecule has 0 spiro atoms. The van der Waals surface area contributed by atoms with E-state index < -0.39 is 0 Å². The highest BCUT2D eigenvalue weighted by Gasteiger charge is 2.26. The number of nitrogens with zero attached hydrogens (tertiary/aromatic N) is 3. The minimum atomic E-state index is 0.613. The predicted octanol–water partition coefficient (Wildman–Crippen LogP) is 4.04. The molecule has 16 heavy (non-hydrogen) atoms. The van der Waals surface area contributed by atoms with Crippen molar-refractivity contribution in [3.05, 3.63) is 51.8 Å². The molecule has 0 bridgehead atoms. The van der Waals surface area contributed by atoms with Crippen molar-refractivity contribution < 1.29 is 0 Å². The first kappa shape index (κ1) is 10.9. The maximum absolute atomic E-state index is 8.21. The van der Waals surface area contributed by atoms with Gasteiger partial charge in [0.2, 0.25) is 0 Å². The highest BCUT2D eigenvalue weighted by atomic mass is 15.1. The van der Waals surface area contributed by atoms with E-state index >= 15 is 0 Å². The maximum atomic E-state index is 8.21. The second-order valence-corrected chi connectivity index (χ2v) is 4.17. The minimum absolute atomic E-state index is 0.613. The van der Waals surface area contributed by atoms with E-state index in [2.05, 4.69) is 34.3 Å². The topological polar surface area (TPSA) is 48.8 Å². The number of azide groups is 1. The van der Waals surface area contributed by atoms with E-state index in [1.54, 1.807) is 0 Å². The van der Waals surface area contributed by atoms with Crippen molar-refractivity contribution in [1.82, 2.24) is 0 Å². The van der Waals surface area contributed by atoms with Gasteiger partial charge in [-0.1, -0.05) is 5.11 Å². The van der Waals surface area contributed by atoms with Gasteiger partial charge in [-0.3, -0.25) is 0 Å². The van der Waals surface area contributed by atoms with E-state index in [0.717, 1.165) is 12.8 Å². The Morgan fingerprint density at radius 3 is 3.12 bits per heavy atom. The van der Waals surface area contributed by atoms with Crippen LogP contribution in [0, 0.1) is 5.92 Å². The summed E-state index contributed by atoms with van der Waals surface area (Å²) in [5, 5.41) is 3.58. The molecule has 2 rings (SSSR count). The van der Waals surface area contributed by atoms with E-state index in [9.17, 15) is 0 Å². The largest absolute Gasteiger partial charge is 0.135 e. The Morgan fingerprint density at radius 1 is 1.38 bits per heavy atom. The van der Waals surface area contributed by atoms with E-state index in [-0.39, 0.29) is 0 Å². The molecule has 0 saturated heterocycles. The van der Waals surface area contributed by atoms with Gasteiger partial charge in [0.25, 0.3) is 0 Å². The number of fused-ring (bicyclic) bond motifs is 1. The predicted molar refractivity (Wildman–Crippen MR) is 65.0 cm³/mol. The van der Waals surface area contributed by atoms with Crippen molar-refractivity contribution in [2.75, 3.05) is 6.54 Å². The molecule has 0 fully saturated rings. The molecule has 1 aromatic carbocycles. The number of aryl methyl sites for hydroxylation is 1. The van der Waals surface area contributed by atoms with Gasteiger partial charge in [-0.15, -0.1) is 0 Å². The Bertz CT molecular complexity index is 394. The molecule has 0 N–H and O–H groups in total.